The van der Waals surface area contributed by atoms with Crippen molar-refractivity contribution in [1.82, 2.24) is 5.32 Å². The Morgan fingerprint density at radius 3 is 2.43 bits per heavy atom. The molecule has 1 aliphatic rings. The molecule has 9 heteroatoms. The first-order valence-corrected chi connectivity index (χ1v) is 9.36. The van der Waals surface area contributed by atoms with Crippen molar-refractivity contribution in [3.05, 3.63) is 64.8 Å². The molecule has 2 N–H and O–H groups in total. The average Bonchev–Trinajstić information content (AvgIpc) is 3.53. The van der Waals surface area contributed by atoms with E-state index in [2.05, 4.69) is 15.5 Å². The minimum Gasteiger partial charge on any atom is -0.355 e. The second-order valence-corrected chi connectivity index (χ2v) is 6.86. The number of anilines is 2. The lowest BCUT2D eigenvalue weighted by atomic mass is 10.1. The molecule has 7 nitrogen and oxygen atoms in total. The Balaban J connectivity index is 0.00000101. The molecule has 0 aromatic heterocycles. The second-order valence-electron chi connectivity index (χ2n) is 6.47. The third-order valence-corrected chi connectivity index (χ3v) is 4.70. The smallest absolute Gasteiger partial charge is 0.355 e. The van der Waals surface area contributed by atoms with Crippen LogP contribution in [0, 0.1) is 19.3 Å². The van der Waals surface area contributed by atoms with E-state index in [0.717, 1.165) is 24.1 Å². The summed E-state index contributed by atoms with van der Waals surface area (Å²) < 4.78 is 14.4. The van der Waals surface area contributed by atoms with E-state index in [9.17, 15) is 9.18 Å². The number of carbonyl (C=O) groups excluding carboxylic acids is 3. The van der Waals surface area contributed by atoms with Gasteiger partial charge in [-0.1, -0.05) is 6.07 Å². The molecule has 1 fully saturated rings. The van der Waals surface area contributed by atoms with Gasteiger partial charge in [-0.3, -0.25) is 4.79 Å². The number of hydrogen-bond donors (Lipinski definition) is 2. The van der Waals surface area contributed by atoms with Crippen LogP contribution in [-0.2, 0) is 9.59 Å². The molecule has 0 bridgehead atoms. The van der Waals surface area contributed by atoms with Gasteiger partial charge in [0, 0.05) is 24.5 Å². The first-order valence-electron chi connectivity index (χ1n) is 8.95. The summed E-state index contributed by atoms with van der Waals surface area (Å²) in [5.41, 5.74) is 2.84. The molecule has 0 heterocycles. The Kier molecular flexibility index (Phi) is 7.76. The Morgan fingerprint density at radius 2 is 1.93 bits per heavy atom. The van der Waals surface area contributed by atoms with Gasteiger partial charge in [-0.25, -0.2) is 9.24 Å². The summed E-state index contributed by atoms with van der Waals surface area (Å²) in [7, 11) is 1.46. The summed E-state index contributed by atoms with van der Waals surface area (Å²) in [5, 5.41) is 6.06. The number of halogens is 1. The summed E-state index contributed by atoms with van der Waals surface area (Å²) >= 11 is 5.56. The van der Waals surface area contributed by atoms with Crippen molar-refractivity contribution in [3.8, 4) is 0 Å². The molecular formula is C21H19FN4O3S. The number of thiocarbonyl (C=S) groups is 1. The zero-order valence-corrected chi connectivity index (χ0v) is 17.2. The summed E-state index contributed by atoms with van der Waals surface area (Å²) in [4.78, 5) is 33.3. The van der Waals surface area contributed by atoms with Gasteiger partial charge in [0.2, 0.25) is 0 Å². The van der Waals surface area contributed by atoms with Crippen molar-refractivity contribution < 1.29 is 18.8 Å². The Bertz CT molecular complexity index is 1040. The van der Waals surface area contributed by atoms with Crippen LogP contribution in [-0.4, -0.2) is 30.3 Å². The molecule has 154 valence electrons. The van der Waals surface area contributed by atoms with Crippen LogP contribution in [0.25, 0.3) is 4.85 Å². The Morgan fingerprint density at radius 1 is 1.27 bits per heavy atom. The zero-order chi connectivity index (χ0) is 22.3. The molecule has 0 radical (unpaired) electrons. The number of carbonyl (C=O) groups is 1. The number of nitrogens with one attached hydrogen (secondary N) is 2. The van der Waals surface area contributed by atoms with Crippen molar-refractivity contribution in [2.45, 2.75) is 25.8 Å². The molecule has 2 aromatic rings. The van der Waals surface area contributed by atoms with E-state index >= 15 is 0 Å². The van der Waals surface area contributed by atoms with Gasteiger partial charge in [-0.05, 0) is 67.9 Å². The summed E-state index contributed by atoms with van der Waals surface area (Å²) in [6.07, 6.45) is 2.19. The molecule has 0 unspecified atom stereocenters. The van der Waals surface area contributed by atoms with E-state index < -0.39 is 11.7 Å². The molecule has 1 saturated carbocycles. The molecule has 0 saturated heterocycles. The first-order chi connectivity index (χ1) is 14.4. The monoisotopic (exact) mass is 426 g/mol. The topological polar surface area (TPSA) is 82.9 Å². The summed E-state index contributed by atoms with van der Waals surface area (Å²) in [6, 6.07) is 10.1. The van der Waals surface area contributed by atoms with Crippen LogP contribution in [0.3, 0.4) is 0 Å². The number of amides is 1. The van der Waals surface area contributed by atoms with Crippen molar-refractivity contribution in [1.29, 1.82) is 0 Å². The maximum absolute atomic E-state index is 14.4. The van der Waals surface area contributed by atoms with Gasteiger partial charge in [-0.15, -0.1) is 0 Å². The third kappa shape index (κ3) is 5.47. The van der Waals surface area contributed by atoms with Gasteiger partial charge in [0.15, 0.2) is 10.8 Å². The Hall–Kier alpha value is -3.60. The van der Waals surface area contributed by atoms with E-state index in [4.69, 9.17) is 28.4 Å². The predicted molar refractivity (Wildman–Crippen MR) is 114 cm³/mol. The van der Waals surface area contributed by atoms with Crippen LogP contribution in [0.2, 0.25) is 0 Å². The molecule has 0 atom stereocenters. The van der Waals surface area contributed by atoms with Gasteiger partial charge >= 0.3 is 6.15 Å². The predicted octanol–water partition coefficient (Wildman–Crippen LogP) is 3.83. The SMILES string of the molecule is O=C=O.[C-]#[N+]c1ccc(NC(=S)N(c2ccc(C(=O)NC)c(F)c2)C2CC2)cc1C. The lowest BCUT2D eigenvalue weighted by molar-refractivity contribution is -0.191. The van der Waals surface area contributed by atoms with Crippen LogP contribution in [0.4, 0.5) is 21.5 Å². The molecule has 0 spiro atoms. The highest BCUT2D eigenvalue weighted by Crippen LogP contribution is 2.33. The van der Waals surface area contributed by atoms with Crippen LogP contribution in [0.1, 0.15) is 28.8 Å². The highest BCUT2D eigenvalue weighted by atomic mass is 32.1. The molecule has 1 aliphatic carbocycles. The maximum atomic E-state index is 14.4. The van der Waals surface area contributed by atoms with E-state index in [1.54, 1.807) is 18.2 Å². The standard InChI is InChI=1S/C20H19FN4OS.CO2/c1-12-10-13(4-9-18(12)22-2)24-20(27)25(14-5-6-14)15-7-8-16(17(21)11-15)19(26)23-3;2-1-3/h4,7-11,14H,5-6H2,1,3H3,(H,23,26)(H,24,27);. The highest BCUT2D eigenvalue weighted by molar-refractivity contribution is 7.80. The average molecular weight is 426 g/mol. The number of hydrogen-bond acceptors (Lipinski definition) is 4. The van der Waals surface area contributed by atoms with E-state index in [1.165, 1.54) is 19.2 Å². The molecule has 30 heavy (non-hydrogen) atoms. The fourth-order valence-corrected chi connectivity index (χ4v) is 3.21. The minimum atomic E-state index is -0.586. The van der Waals surface area contributed by atoms with Crippen LogP contribution < -0.4 is 15.5 Å². The third-order valence-electron chi connectivity index (χ3n) is 4.40. The fourth-order valence-electron chi connectivity index (χ4n) is 2.84. The van der Waals surface area contributed by atoms with Crippen molar-refractivity contribution >= 4 is 46.5 Å². The van der Waals surface area contributed by atoms with Crippen molar-refractivity contribution in [2.75, 3.05) is 17.3 Å². The zero-order valence-electron chi connectivity index (χ0n) is 16.4. The van der Waals surface area contributed by atoms with Gasteiger partial charge < -0.3 is 15.5 Å². The second kappa shape index (κ2) is 10.3. The molecular weight excluding hydrogens is 407 g/mol. The molecule has 3 rings (SSSR count). The number of nitrogens with zero attached hydrogens (tertiary/aromatic N) is 2. The minimum absolute atomic E-state index is 0.00114. The van der Waals surface area contributed by atoms with Gasteiger partial charge in [0.1, 0.15) is 5.82 Å². The number of aryl methyl sites for hydroxylation is 1. The number of rotatable bonds is 4. The van der Waals surface area contributed by atoms with E-state index in [-0.39, 0.29) is 17.8 Å². The van der Waals surface area contributed by atoms with Gasteiger partial charge in [-0.2, -0.15) is 9.59 Å². The van der Waals surface area contributed by atoms with Crippen LogP contribution in [0.5, 0.6) is 0 Å². The normalized spacial score (nSPS) is 11.8. The lowest BCUT2D eigenvalue weighted by Gasteiger charge is -2.26. The van der Waals surface area contributed by atoms with Crippen LogP contribution in [0.15, 0.2) is 36.4 Å². The van der Waals surface area contributed by atoms with Crippen molar-refractivity contribution in [2.24, 2.45) is 0 Å². The maximum Gasteiger partial charge on any atom is 0.373 e. The molecule has 2 aromatic carbocycles. The van der Waals surface area contributed by atoms with Gasteiger partial charge in [0.25, 0.3) is 5.91 Å². The summed E-state index contributed by atoms with van der Waals surface area (Å²) in [6.45, 7) is 9.00. The molecule has 0 aliphatic heterocycles. The van der Waals surface area contributed by atoms with Crippen molar-refractivity contribution in [3.63, 3.8) is 0 Å². The quantitative estimate of drug-likeness (QED) is 0.571. The summed E-state index contributed by atoms with van der Waals surface area (Å²) in [5.74, 6) is -1.05. The first kappa shape index (κ1) is 22.7. The molecule has 1 amide bonds. The largest absolute Gasteiger partial charge is 0.373 e. The van der Waals surface area contributed by atoms with E-state index in [0.29, 0.717) is 16.5 Å². The Labute approximate surface area is 178 Å². The van der Waals surface area contributed by atoms with Gasteiger partial charge in [0.05, 0.1) is 12.1 Å². The number of benzene rings is 2. The fraction of sp³-hybridized carbons (Fsp3) is 0.238. The highest BCUT2D eigenvalue weighted by Gasteiger charge is 2.32. The lowest BCUT2D eigenvalue weighted by Crippen LogP contribution is -2.36. The van der Waals surface area contributed by atoms with Crippen LogP contribution >= 0.6 is 12.2 Å². The van der Waals surface area contributed by atoms with E-state index in [1.807, 2.05) is 17.9 Å².